The minimum Gasteiger partial charge on any atom is -0.396 e. The molecule has 0 aromatic heterocycles. The first-order valence-corrected chi connectivity index (χ1v) is 14.7. The molecule has 4 rings (SSSR count). The van der Waals surface area contributed by atoms with Crippen LogP contribution in [0.15, 0.2) is 96.1 Å². The maximum atomic E-state index is 9.62. The monoisotopic (exact) mass is 510 g/mol. The number of aliphatic hydroxyl groups excluding tert-OH is 1. The molecular formula is C35H46N2O. The van der Waals surface area contributed by atoms with E-state index in [0.717, 1.165) is 51.9 Å². The number of nitrogens with zero attached hydrogens (tertiary/aromatic N) is 2. The summed E-state index contributed by atoms with van der Waals surface area (Å²) in [5, 5.41) is 9.62. The average molecular weight is 511 g/mol. The highest BCUT2D eigenvalue weighted by Crippen LogP contribution is 2.33. The fourth-order valence-corrected chi connectivity index (χ4v) is 5.51. The van der Waals surface area contributed by atoms with Crippen molar-refractivity contribution in [2.45, 2.75) is 64.8 Å². The Morgan fingerprint density at radius 2 is 1.61 bits per heavy atom. The largest absolute Gasteiger partial charge is 0.396 e. The van der Waals surface area contributed by atoms with Crippen molar-refractivity contribution in [1.82, 2.24) is 4.90 Å². The molecule has 1 heterocycles. The Labute approximate surface area is 230 Å². The standard InChI is InChI=1S/C35H46N2O/c1-4-28(3)36-22-24-37(25-23-36)34-20-18-32(19-21-34)35(31-16-14-29(5-2)15-17-31)27-33(13-10-26-38)30-11-8-6-7-9-12-30/h6,8-9,11-12,14-21,27-28,35,38H,4-5,7,10,13,22-26H2,1-3H3. The summed E-state index contributed by atoms with van der Waals surface area (Å²) in [6.45, 7) is 11.5. The van der Waals surface area contributed by atoms with Crippen LogP contribution in [0.1, 0.15) is 69.1 Å². The van der Waals surface area contributed by atoms with Crippen LogP contribution < -0.4 is 4.90 Å². The summed E-state index contributed by atoms with van der Waals surface area (Å²) in [5.41, 5.74) is 7.86. The Morgan fingerprint density at radius 3 is 2.24 bits per heavy atom. The lowest BCUT2D eigenvalue weighted by Gasteiger charge is -2.39. The molecule has 2 aromatic rings. The van der Waals surface area contributed by atoms with Gasteiger partial charge >= 0.3 is 0 Å². The van der Waals surface area contributed by atoms with Gasteiger partial charge in [-0.15, -0.1) is 0 Å². The molecule has 1 N–H and O–H groups in total. The van der Waals surface area contributed by atoms with Gasteiger partial charge in [0.1, 0.15) is 0 Å². The van der Waals surface area contributed by atoms with E-state index in [1.807, 2.05) is 0 Å². The van der Waals surface area contributed by atoms with E-state index < -0.39 is 0 Å². The summed E-state index contributed by atoms with van der Waals surface area (Å²) in [4.78, 5) is 5.15. The van der Waals surface area contributed by atoms with Crippen LogP contribution in [0.25, 0.3) is 0 Å². The van der Waals surface area contributed by atoms with Crippen LogP contribution in [0.4, 0.5) is 5.69 Å². The third-order valence-corrected chi connectivity index (χ3v) is 8.22. The minimum atomic E-state index is 0.160. The number of aliphatic hydroxyl groups is 1. The van der Waals surface area contributed by atoms with Gasteiger partial charge in [0.15, 0.2) is 0 Å². The van der Waals surface area contributed by atoms with E-state index in [2.05, 4.69) is 116 Å². The fraction of sp³-hybridized carbons (Fsp3) is 0.429. The maximum Gasteiger partial charge on any atom is 0.0434 e. The molecule has 0 saturated carbocycles. The highest BCUT2D eigenvalue weighted by molar-refractivity contribution is 5.52. The fourth-order valence-electron chi connectivity index (χ4n) is 5.51. The van der Waals surface area contributed by atoms with Gasteiger partial charge in [-0.1, -0.05) is 86.7 Å². The second-order valence-corrected chi connectivity index (χ2v) is 10.7. The SMILES string of the molecule is CCc1ccc(C(C=C(CCCO)C2=CC=CCC=C2)c2ccc(N3CCN(C(C)CC)CC3)cc2)cc1. The zero-order chi connectivity index (χ0) is 26.7. The first-order valence-electron chi connectivity index (χ1n) is 14.7. The molecule has 1 aliphatic heterocycles. The predicted molar refractivity (Wildman–Crippen MR) is 163 cm³/mol. The van der Waals surface area contributed by atoms with Gasteiger partial charge in [0.25, 0.3) is 0 Å². The molecule has 0 amide bonds. The van der Waals surface area contributed by atoms with Gasteiger partial charge in [0.05, 0.1) is 0 Å². The highest BCUT2D eigenvalue weighted by Gasteiger charge is 2.21. The highest BCUT2D eigenvalue weighted by atomic mass is 16.2. The van der Waals surface area contributed by atoms with E-state index in [9.17, 15) is 5.11 Å². The third-order valence-electron chi connectivity index (χ3n) is 8.22. The van der Waals surface area contributed by atoms with E-state index in [4.69, 9.17) is 0 Å². The Morgan fingerprint density at radius 1 is 0.921 bits per heavy atom. The van der Waals surface area contributed by atoms with Crippen molar-refractivity contribution in [3.63, 3.8) is 0 Å². The maximum absolute atomic E-state index is 9.62. The van der Waals surface area contributed by atoms with Crippen LogP contribution in [0.2, 0.25) is 0 Å². The van der Waals surface area contributed by atoms with E-state index >= 15 is 0 Å². The molecule has 1 saturated heterocycles. The summed E-state index contributed by atoms with van der Waals surface area (Å²) < 4.78 is 0. The van der Waals surface area contributed by atoms with Crippen molar-refractivity contribution < 1.29 is 5.11 Å². The molecule has 2 aromatic carbocycles. The molecule has 0 radical (unpaired) electrons. The summed E-state index contributed by atoms with van der Waals surface area (Å²) >= 11 is 0. The normalized spacial score (nSPS) is 18.3. The van der Waals surface area contributed by atoms with Gasteiger partial charge in [0.2, 0.25) is 0 Å². The van der Waals surface area contributed by atoms with Gasteiger partial charge in [-0.2, -0.15) is 0 Å². The Balaban J connectivity index is 1.63. The van der Waals surface area contributed by atoms with E-state index in [-0.39, 0.29) is 12.5 Å². The Kier molecular flexibility index (Phi) is 10.6. The van der Waals surface area contributed by atoms with Crippen molar-refractivity contribution in [3.8, 4) is 0 Å². The molecule has 1 aliphatic carbocycles. The van der Waals surface area contributed by atoms with Crippen molar-refractivity contribution in [2.24, 2.45) is 0 Å². The molecule has 3 nitrogen and oxygen atoms in total. The van der Waals surface area contributed by atoms with Crippen LogP contribution >= 0.6 is 0 Å². The number of benzene rings is 2. The van der Waals surface area contributed by atoms with Crippen molar-refractivity contribution >= 4 is 5.69 Å². The van der Waals surface area contributed by atoms with Gasteiger partial charge < -0.3 is 10.0 Å². The first-order chi connectivity index (χ1) is 18.6. The van der Waals surface area contributed by atoms with Crippen LogP contribution in [-0.4, -0.2) is 48.8 Å². The lowest BCUT2D eigenvalue weighted by molar-refractivity contribution is 0.193. The molecule has 0 spiro atoms. The van der Waals surface area contributed by atoms with E-state index in [0.29, 0.717) is 6.04 Å². The van der Waals surface area contributed by atoms with Gasteiger partial charge in [-0.25, -0.2) is 0 Å². The zero-order valence-corrected chi connectivity index (χ0v) is 23.7. The third kappa shape index (κ3) is 7.36. The Bertz CT molecular complexity index is 1120. The molecule has 2 atom stereocenters. The molecular weight excluding hydrogens is 464 g/mol. The number of aryl methyl sites for hydroxylation is 1. The molecule has 0 bridgehead atoms. The molecule has 3 heteroatoms. The average Bonchev–Trinajstić information content (AvgIpc) is 3.27. The number of hydrogen-bond acceptors (Lipinski definition) is 3. The summed E-state index contributed by atoms with van der Waals surface area (Å²) in [6.07, 6.45) is 18.3. The first kappa shape index (κ1) is 28.1. The number of piperazine rings is 1. The second kappa shape index (κ2) is 14.3. The molecule has 1 fully saturated rings. The minimum absolute atomic E-state index is 0.160. The second-order valence-electron chi connectivity index (χ2n) is 10.7. The number of rotatable bonds is 11. The number of hydrogen-bond donors (Lipinski definition) is 1. The number of allylic oxidation sites excluding steroid dienone is 8. The van der Waals surface area contributed by atoms with E-state index in [1.54, 1.807) is 0 Å². The lowest BCUT2D eigenvalue weighted by Crippen LogP contribution is -2.49. The smallest absolute Gasteiger partial charge is 0.0434 e. The topological polar surface area (TPSA) is 26.7 Å². The quantitative estimate of drug-likeness (QED) is 0.340. The van der Waals surface area contributed by atoms with Gasteiger partial charge in [-0.05, 0) is 79.0 Å². The molecule has 2 aliphatic rings. The summed E-state index contributed by atoms with van der Waals surface area (Å²) in [5.74, 6) is 0.160. The molecule has 202 valence electrons. The van der Waals surface area contributed by atoms with Crippen LogP contribution in [-0.2, 0) is 6.42 Å². The lowest BCUT2D eigenvalue weighted by atomic mass is 9.86. The Hall–Kier alpha value is -2.88. The predicted octanol–water partition coefficient (Wildman–Crippen LogP) is 7.44. The zero-order valence-electron chi connectivity index (χ0n) is 23.7. The van der Waals surface area contributed by atoms with Crippen molar-refractivity contribution in [3.05, 3.63) is 113 Å². The summed E-state index contributed by atoms with van der Waals surface area (Å²) in [7, 11) is 0. The number of anilines is 1. The van der Waals surface area contributed by atoms with Crippen molar-refractivity contribution in [1.29, 1.82) is 0 Å². The van der Waals surface area contributed by atoms with Crippen LogP contribution in [0, 0.1) is 0 Å². The van der Waals surface area contributed by atoms with E-state index in [1.165, 1.54) is 39.9 Å². The summed E-state index contributed by atoms with van der Waals surface area (Å²) in [6, 6.07) is 19.1. The van der Waals surface area contributed by atoms with Crippen LogP contribution in [0.5, 0.6) is 0 Å². The van der Waals surface area contributed by atoms with Crippen molar-refractivity contribution in [2.75, 3.05) is 37.7 Å². The molecule has 2 unspecified atom stereocenters. The van der Waals surface area contributed by atoms with Crippen LogP contribution in [0.3, 0.4) is 0 Å². The molecule has 38 heavy (non-hydrogen) atoms. The van der Waals surface area contributed by atoms with Gasteiger partial charge in [-0.3, -0.25) is 4.90 Å². The van der Waals surface area contributed by atoms with Gasteiger partial charge in [0, 0.05) is 50.4 Å².